The quantitative estimate of drug-likeness (QED) is 0.180. The predicted octanol–water partition coefficient (Wildman–Crippen LogP) is 13.8. The number of hydrogen-bond donors (Lipinski definition) is 0. The second-order valence-corrected chi connectivity index (χ2v) is 14.7. The van der Waals surface area contributed by atoms with Gasteiger partial charge < -0.3 is 9.32 Å². The van der Waals surface area contributed by atoms with Gasteiger partial charge in [-0.25, -0.2) is 0 Å². The zero-order valence-electron chi connectivity index (χ0n) is 28.2. The second kappa shape index (κ2) is 11.3. The summed E-state index contributed by atoms with van der Waals surface area (Å²) in [5.41, 5.74) is 12.3. The van der Waals surface area contributed by atoms with Gasteiger partial charge in [-0.15, -0.1) is 11.3 Å². The third-order valence-corrected chi connectivity index (χ3v) is 12.1. The van der Waals surface area contributed by atoms with E-state index in [1.807, 2.05) is 17.4 Å². The number of furan rings is 1. The van der Waals surface area contributed by atoms with E-state index in [-0.39, 0.29) is 0 Å². The van der Waals surface area contributed by atoms with E-state index < -0.39 is 5.41 Å². The average Bonchev–Trinajstić information content (AvgIpc) is 3.87. The van der Waals surface area contributed by atoms with E-state index in [0.29, 0.717) is 0 Å². The Labute approximate surface area is 305 Å². The van der Waals surface area contributed by atoms with Gasteiger partial charge in [0.05, 0.1) is 16.5 Å². The highest BCUT2D eigenvalue weighted by Gasteiger charge is 2.46. The monoisotopic (exact) mass is 681 g/mol. The van der Waals surface area contributed by atoms with E-state index in [2.05, 4.69) is 187 Å². The molecule has 0 fully saturated rings. The Kier molecular flexibility index (Phi) is 6.37. The number of para-hydroxylation sites is 1. The van der Waals surface area contributed by atoms with Gasteiger partial charge in [0, 0.05) is 36.9 Å². The SMILES string of the molecule is c1ccc(C2(c3ccccc3)c3ccccc3-c3cc(N(c4ccc5sc6ccccc6c5c4)c4cccc5oc6ccccc6c45)ccc32)cc1. The van der Waals surface area contributed by atoms with E-state index in [0.717, 1.165) is 39.0 Å². The molecule has 0 saturated carbocycles. The summed E-state index contributed by atoms with van der Waals surface area (Å²) in [5.74, 6) is 0. The van der Waals surface area contributed by atoms with E-state index >= 15 is 0 Å². The maximum atomic E-state index is 6.45. The highest BCUT2D eigenvalue weighted by Crippen LogP contribution is 2.57. The van der Waals surface area contributed by atoms with Gasteiger partial charge in [-0.3, -0.25) is 0 Å². The molecule has 8 aromatic carbocycles. The predicted molar refractivity (Wildman–Crippen MR) is 219 cm³/mol. The molecule has 2 heterocycles. The largest absolute Gasteiger partial charge is 0.456 e. The highest BCUT2D eigenvalue weighted by atomic mass is 32.1. The Balaban J connectivity index is 1.21. The summed E-state index contributed by atoms with van der Waals surface area (Å²) in [6.07, 6.45) is 0. The zero-order valence-corrected chi connectivity index (χ0v) is 29.0. The highest BCUT2D eigenvalue weighted by molar-refractivity contribution is 7.25. The summed E-state index contributed by atoms with van der Waals surface area (Å²) >= 11 is 1.85. The first-order valence-electron chi connectivity index (χ1n) is 17.8. The van der Waals surface area contributed by atoms with Gasteiger partial charge in [-0.1, -0.05) is 133 Å². The van der Waals surface area contributed by atoms with Crippen molar-refractivity contribution in [1.29, 1.82) is 0 Å². The molecule has 0 N–H and O–H groups in total. The molecule has 0 amide bonds. The lowest BCUT2D eigenvalue weighted by Gasteiger charge is -2.34. The first-order chi connectivity index (χ1) is 25.8. The molecule has 0 atom stereocenters. The fourth-order valence-corrected chi connectivity index (χ4v) is 9.89. The standard InChI is InChI=1S/C49H31NOS/c1-3-14-32(15-4-1)49(33-16-5-2-6-17-33)41-21-10-7-18-36(41)39-30-34(26-28-42(39)49)50(35-27-29-47-40(31-35)37-19-9-12-25-46(37)52-47)43-22-13-24-45-48(43)38-20-8-11-23-44(38)51-45/h1-31H. The van der Waals surface area contributed by atoms with Crippen molar-refractivity contribution in [2.45, 2.75) is 5.41 Å². The van der Waals surface area contributed by atoms with Crippen LogP contribution in [0.5, 0.6) is 0 Å². The van der Waals surface area contributed by atoms with Gasteiger partial charge in [0.15, 0.2) is 0 Å². The lowest BCUT2D eigenvalue weighted by atomic mass is 9.68. The summed E-state index contributed by atoms with van der Waals surface area (Å²) < 4.78 is 9.04. The minimum Gasteiger partial charge on any atom is -0.456 e. The summed E-state index contributed by atoms with van der Waals surface area (Å²) in [6.45, 7) is 0. The zero-order chi connectivity index (χ0) is 34.2. The molecule has 2 aromatic heterocycles. The minimum absolute atomic E-state index is 0.451. The van der Waals surface area contributed by atoms with Crippen molar-refractivity contribution < 1.29 is 4.42 Å². The molecule has 0 bridgehead atoms. The molecule has 0 radical (unpaired) electrons. The Morgan fingerprint density at radius 1 is 0.423 bits per heavy atom. The van der Waals surface area contributed by atoms with Crippen molar-refractivity contribution in [2.24, 2.45) is 0 Å². The lowest BCUT2D eigenvalue weighted by Crippen LogP contribution is -2.28. The molecule has 52 heavy (non-hydrogen) atoms. The molecule has 0 aliphatic heterocycles. The van der Waals surface area contributed by atoms with Crippen molar-refractivity contribution in [3.63, 3.8) is 0 Å². The van der Waals surface area contributed by atoms with Crippen LogP contribution in [0.3, 0.4) is 0 Å². The van der Waals surface area contributed by atoms with Crippen molar-refractivity contribution >= 4 is 70.5 Å². The normalized spacial score (nSPS) is 13.2. The molecule has 1 aliphatic rings. The second-order valence-electron chi connectivity index (χ2n) is 13.6. The van der Waals surface area contributed by atoms with Crippen LogP contribution in [0, 0.1) is 0 Å². The van der Waals surface area contributed by atoms with Crippen LogP contribution < -0.4 is 4.90 Å². The Bertz CT molecular complexity index is 2930. The number of anilines is 3. The van der Waals surface area contributed by atoms with Gasteiger partial charge in [-0.2, -0.15) is 0 Å². The Morgan fingerprint density at radius 2 is 1.04 bits per heavy atom. The number of nitrogens with zero attached hydrogens (tertiary/aromatic N) is 1. The van der Waals surface area contributed by atoms with Crippen LogP contribution >= 0.6 is 11.3 Å². The van der Waals surface area contributed by atoms with Crippen molar-refractivity contribution in [3.05, 3.63) is 210 Å². The molecule has 0 saturated heterocycles. The van der Waals surface area contributed by atoms with E-state index in [1.54, 1.807) is 0 Å². The molecule has 10 aromatic rings. The topological polar surface area (TPSA) is 16.4 Å². The minimum atomic E-state index is -0.451. The number of fused-ring (bicyclic) bond motifs is 9. The summed E-state index contributed by atoms with van der Waals surface area (Å²) in [5, 5.41) is 4.77. The maximum Gasteiger partial charge on any atom is 0.137 e. The number of benzene rings is 8. The van der Waals surface area contributed by atoms with Crippen molar-refractivity contribution in [2.75, 3.05) is 4.90 Å². The van der Waals surface area contributed by atoms with E-state index in [9.17, 15) is 0 Å². The fraction of sp³-hybridized carbons (Fsp3) is 0.0204. The lowest BCUT2D eigenvalue weighted by molar-refractivity contribution is 0.669. The molecule has 2 nitrogen and oxygen atoms in total. The Hall–Kier alpha value is -6.42. The van der Waals surface area contributed by atoms with Gasteiger partial charge in [0.1, 0.15) is 11.2 Å². The molecular formula is C49H31NOS. The first kappa shape index (κ1) is 29.3. The fourth-order valence-electron chi connectivity index (χ4n) is 8.80. The molecular weight excluding hydrogens is 651 g/mol. The van der Waals surface area contributed by atoms with Gasteiger partial charge >= 0.3 is 0 Å². The van der Waals surface area contributed by atoms with Gasteiger partial charge in [-0.05, 0) is 88.0 Å². The van der Waals surface area contributed by atoms with E-state index in [1.165, 1.54) is 53.6 Å². The van der Waals surface area contributed by atoms with E-state index in [4.69, 9.17) is 4.42 Å². The van der Waals surface area contributed by atoms with Crippen LogP contribution in [0.4, 0.5) is 17.1 Å². The smallest absolute Gasteiger partial charge is 0.137 e. The molecule has 0 unspecified atom stereocenters. The van der Waals surface area contributed by atoms with Crippen LogP contribution in [-0.2, 0) is 5.41 Å². The molecule has 11 rings (SSSR count). The van der Waals surface area contributed by atoms with Gasteiger partial charge in [0.2, 0.25) is 0 Å². The average molecular weight is 682 g/mol. The number of thiophene rings is 1. The van der Waals surface area contributed by atoms with Gasteiger partial charge in [0.25, 0.3) is 0 Å². The summed E-state index contributed by atoms with van der Waals surface area (Å²) in [4.78, 5) is 2.43. The van der Waals surface area contributed by atoms with Crippen LogP contribution in [0.25, 0.3) is 53.2 Å². The molecule has 244 valence electrons. The maximum absolute atomic E-state index is 6.45. The molecule has 3 heteroatoms. The van der Waals surface area contributed by atoms with Crippen molar-refractivity contribution in [1.82, 2.24) is 0 Å². The summed E-state index contributed by atoms with van der Waals surface area (Å²) in [6, 6.07) is 68.6. The number of rotatable bonds is 5. The third-order valence-electron chi connectivity index (χ3n) is 10.9. The van der Waals surface area contributed by atoms with Crippen molar-refractivity contribution in [3.8, 4) is 11.1 Å². The molecule has 1 aliphatic carbocycles. The van der Waals surface area contributed by atoms with Crippen LogP contribution in [0.15, 0.2) is 192 Å². The number of hydrogen-bond acceptors (Lipinski definition) is 3. The first-order valence-corrected chi connectivity index (χ1v) is 18.6. The third kappa shape index (κ3) is 4.11. The summed E-state index contributed by atoms with van der Waals surface area (Å²) in [7, 11) is 0. The molecule has 0 spiro atoms. The Morgan fingerprint density at radius 3 is 1.87 bits per heavy atom. The van der Waals surface area contributed by atoms with Crippen LogP contribution in [-0.4, -0.2) is 0 Å². The van der Waals surface area contributed by atoms with Crippen LogP contribution in [0.1, 0.15) is 22.3 Å². The van der Waals surface area contributed by atoms with Crippen LogP contribution in [0.2, 0.25) is 0 Å².